The summed E-state index contributed by atoms with van der Waals surface area (Å²) in [6.45, 7) is 6.33. The molecule has 1 unspecified atom stereocenters. The van der Waals surface area contributed by atoms with Crippen LogP contribution in [0.3, 0.4) is 0 Å². The Morgan fingerprint density at radius 1 is 1.53 bits per heavy atom. The second kappa shape index (κ2) is 5.45. The minimum absolute atomic E-state index is 0.0248. The summed E-state index contributed by atoms with van der Waals surface area (Å²) in [5.74, 6) is 1.83. The Morgan fingerprint density at radius 2 is 2.35 bits per heavy atom. The molecular formula is C13H21N3O. The normalized spacial score (nSPS) is 20.1. The molecule has 2 rings (SSSR count). The summed E-state index contributed by atoms with van der Waals surface area (Å²) in [5, 5.41) is 3.36. The predicted molar refractivity (Wildman–Crippen MR) is 68.2 cm³/mol. The maximum absolute atomic E-state index is 11.5. The lowest BCUT2D eigenvalue weighted by Gasteiger charge is -2.09. The number of rotatable bonds is 4. The number of aryl methyl sites for hydroxylation is 1. The van der Waals surface area contributed by atoms with Crippen molar-refractivity contribution >= 4 is 0 Å². The monoisotopic (exact) mass is 235 g/mol. The van der Waals surface area contributed by atoms with Crippen molar-refractivity contribution in [1.29, 1.82) is 0 Å². The van der Waals surface area contributed by atoms with Gasteiger partial charge in [-0.2, -0.15) is 0 Å². The van der Waals surface area contributed by atoms with E-state index in [4.69, 9.17) is 0 Å². The molecule has 1 atom stereocenters. The second-order valence-electron chi connectivity index (χ2n) is 5.17. The SMILES string of the molecule is CC(C)c1nc(CCC2CCNC2)cc(=O)[nH]1. The van der Waals surface area contributed by atoms with Gasteiger partial charge in [-0.3, -0.25) is 4.79 Å². The maximum atomic E-state index is 11.5. The van der Waals surface area contributed by atoms with Crippen molar-refractivity contribution in [1.82, 2.24) is 15.3 Å². The van der Waals surface area contributed by atoms with Crippen LogP contribution < -0.4 is 10.9 Å². The highest BCUT2D eigenvalue weighted by Gasteiger charge is 2.14. The zero-order valence-electron chi connectivity index (χ0n) is 10.6. The summed E-state index contributed by atoms with van der Waals surface area (Å²) in [6.07, 6.45) is 3.29. The van der Waals surface area contributed by atoms with Crippen LogP contribution >= 0.6 is 0 Å². The molecule has 4 heteroatoms. The molecule has 2 heterocycles. The van der Waals surface area contributed by atoms with Gasteiger partial charge in [-0.05, 0) is 38.3 Å². The van der Waals surface area contributed by atoms with Gasteiger partial charge in [0.1, 0.15) is 5.82 Å². The Bertz CT molecular complexity index is 419. The van der Waals surface area contributed by atoms with Gasteiger partial charge in [0.15, 0.2) is 0 Å². The molecule has 0 aromatic carbocycles. The van der Waals surface area contributed by atoms with Gasteiger partial charge in [0.25, 0.3) is 5.56 Å². The van der Waals surface area contributed by atoms with Crippen molar-refractivity contribution in [3.8, 4) is 0 Å². The van der Waals surface area contributed by atoms with Crippen LogP contribution in [0.2, 0.25) is 0 Å². The van der Waals surface area contributed by atoms with Crippen LogP contribution in [0.5, 0.6) is 0 Å². The first-order valence-electron chi connectivity index (χ1n) is 6.46. The molecule has 94 valence electrons. The molecule has 0 aliphatic carbocycles. The number of nitrogens with one attached hydrogen (secondary N) is 2. The van der Waals surface area contributed by atoms with Crippen LogP contribution in [0.4, 0.5) is 0 Å². The first-order chi connectivity index (χ1) is 8.15. The highest BCUT2D eigenvalue weighted by Crippen LogP contribution is 2.15. The minimum Gasteiger partial charge on any atom is -0.316 e. The third-order valence-corrected chi connectivity index (χ3v) is 3.33. The Kier molecular flexibility index (Phi) is 3.94. The van der Waals surface area contributed by atoms with E-state index in [2.05, 4.69) is 15.3 Å². The third-order valence-electron chi connectivity index (χ3n) is 3.33. The highest BCUT2D eigenvalue weighted by atomic mass is 16.1. The average Bonchev–Trinajstić information content (AvgIpc) is 2.78. The van der Waals surface area contributed by atoms with Crippen LogP contribution in [-0.2, 0) is 6.42 Å². The molecule has 17 heavy (non-hydrogen) atoms. The molecular weight excluding hydrogens is 214 g/mol. The lowest BCUT2D eigenvalue weighted by molar-refractivity contribution is 0.527. The van der Waals surface area contributed by atoms with Gasteiger partial charge in [0.05, 0.1) is 0 Å². The summed E-state index contributed by atoms with van der Waals surface area (Å²) in [6, 6.07) is 1.63. The average molecular weight is 235 g/mol. The largest absolute Gasteiger partial charge is 0.316 e. The Labute approximate surface area is 102 Å². The summed E-state index contributed by atoms with van der Waals surface area (Å²) in [4.78, 5) is 18.8. The standard InChI is InChI=1S/C13H21N3O/c1-9(2)13-15-11(7-12(17)16-13)4-3-10-5-6-14-8-10/h7,9-10,14H,3-6,8H2,1-2H3,(H,15,16,17). The Hall–Kier alpha value is -1.16. The van der Waals surface area contributed by atoms with Gasteiger partial charge in [-0.25, -0.2) is 4.98 Å². The summed E-state index contributed by atoms with van der Waals surface area (Å²) < 4.78 is 0. The number of aromatic nitrogens is 2. The van der Waals surface area contributed by atoms with Crippen LogP contribution in [0.15, 0.2) is 10.9 Å². The van der Waals surface area contributed by atoms with E-state index >= 15 is 0 Å². The summed E-state index contributed by atoms with van der Waals surface area (Å²) in [5.41, 5.74) is 0.910. The van der Waals surface area contributed by atoms with E-state index in [1.54, 1.807) is 6.07 Å². The molecule has 0 spiro atoms. The van der Waals surface area contributed by atoms with Crippen LogP contribution in [0.25, 0.3) is 0 Å². The van der Waals surface area contributed by atoms with E-state index in [1.807, 2.05) is 13.8 Å². The van der Waals surface area contributed by atoms with Gasteiger partial charge in [-0.1, -0.05) is 13.8 Å². The van der Waals surface area contributed by atoms with Crippen molar-refractivity contribution < 1.29 is 0 Å². The van der Waals surface area contributed by atoms with Crippen molar-refractivity contribution in [3.63, 3.8) is 0 Å². The van der Waals surface area contributed by atoms with E-state index in [0.29, 0.717) is 0 Å². The van der Waals surface area contributed by atoms with Crippen molar-refractivity contribution in [3.05, 3.63) is 27.9 Å². The number of aromatic amines is 1. The number of hydrogen-bond donors (Lipinski definition) is 2. The topological polar surface area (TPSA) is 57.8 Å². The zero-order chi connectivity index (χ0) is 12.3. The van der Waals surface area contributed by atoms with E-state index in [1.165, 1.54) is 6.42 Å². The lowest BCUT2D eigenvalue weighted by Crippen LogP contribution is -2.15. The molecule has 0 bridgehead atoms. The molecule has 1 aromatic heterocycles. The van der Waals surface area contributed by atoms with E-state index in [-0.39, 0.29) is 11.5 Å². The molecule has 1 aliphatic heterocycles. The van der Waals surface area contributed by atoms with E-state index in [0.717, 1.165) is 43.4 Å². The number of H-pyrrole nitrogens is 1. The number of nitrogens with zero attached hydrogens (tertiary/aromatic N) is 1. The predicted octanol–water partition coefficient (Wildman–Crippen LogP) is 1.44. The first-order valence-corrected chi connectivity index (χ1v) is 6.46. The molecule has 1 aromatic rings. The van der Waals surface area contributed by atoms with Gasteiger partial charge in [0.2, 0.25) is 0 Å². The number of hydrogen-bond acceptors (Lipinski definition) is 3. The van der Waals surface area contributed by atoms with Gasteiger partial charge in [0, 0.05) is 17.7 Å². The Balaban J connectivity index is 2.02. The first kappa shape index (κ1) is 12.3. The van der Waals surface area contributed by atoms with Gasteiger partial charge in [-0.15, -0.1) is 0 Å². The van der Waals surface area contributed by atoms with Crippen molar-refractivity contribution in [2.45, 2.75) is 39.0 Å². The molecule has 0 saturated carbocycles. The molecule has 0 amide bonds. The van der Waals surface area contributed by atoms with Crippen molar-refractivity contribution in [2.75, 3.05) is 13.1 Å². The quantitative estimate of drug-likeness (QED) is 0.830. The highest BCUT2D eigenvalue weighted by molar-refractivity contribution is 5.05. The molecule has 0 radical (unpaired) electrons. The van der Waals surface area contributed by atoms with E-state index < -0.39 is 0 Å². The van der Waals surface area contributed by atoms with Crippen LogP contribution in [0.1, 0.15) is 44.1 Å². The molecule has 2 N–H and O–H groups in total. The van der Waals surface area contributed by atoms with E-state index in [9.17, 15) is 4.79 Å². The fraction of sp³-hybridized carbons (Fsp3) is 0.692. The van der Waals surface area contributed by atoms with Crippen LogP contribution in [0, 0.1) is 5.92 Å². The minimum atomic E-state index is -0.0248. The maximum Gasteiger partial charge on any atom is 0.251 e. The Morgan fingerprint density at radius 3 is 3.00 bits per heavy atom. The fourth-order valence-electron chi connectivity index (χ4n) is 2.24. The van der Waals surface area contributed by atoms with Crippen molar-refractivity contribution in [2.24, 2.45) is 5.92 Å². The summed E-state index contributed by atoms with van der Waals surface area (Å²) in [7, 11) is 0. The molecule has 1 fully saturated rings. The summed E-state index contributed by atoms with van der Waals surface area (Å²) >= 11 is 0. The third kappa shape index (κ3) is 3.40. The van der Waals surface area contributed by atoms with Crippen LogP contribution in [-0.4, -0.2) is 23.1 Å². The molecule has 1 aliphatic rings. The molecule has 4 nitrogen and oxygen atoms in total. The van der Waals surface area contributed by atoms with Gasteiger partial charge < -0.3 is 10.3 Å². The zero-order valence-corrected chi connectivity index (χ0v) is 10.6. The lowest BCUT2D eigenvalue weighted by atomic mass is 10.0. The second-order valence-corrected chi connectivity index (χ2v) is 5.17. The van der Waals surface area contributed by atoms with Gasteiger partial charge >= 0.3 is 0 Å². The fourth-order valence-corrected chi connectivity index (χ4v) is 2.24. The molecule has 1 saturated heterocycles. The smallest absolute Gasteiger partial charge is 0.251 e.